The van der Waals surface area contributed by atoms with Gasteiger partial charge >= 0.3 is 21.7 Å². The first-order chi connectivity index (χ1) is 10.5. The average molecular weight is 442 g/mol. The smallest absolute Gasteiger partial charge is 1.00 e. The van der Waals surface area contributed by atoms with Gasteiger partial charge in [-0.2, -0.15) is 5.57 Å². The topological polar surface area (TPSA) is 0 Å². The summed E-state index contributed by atoms with van der Waals surface area (Å²) in [4.78, 5) is 0. The fourth-order valence-corrected chi connectivity index (χ4v) is 3.86. The van der Waals surface area contributed by atoms with Crippen LogP contribution in [-0.4, -0.2) is 0 Å². The molecule has 0 saturated heterocycles. The molecule has 2 aromatic rings. The van der Waals surface area contributed by atoms with Crippen LogP contribution in [0, 0.1) is 12.0 Å². The van der Waals surface area contributed by atoms with Gasteiger partial charge in [0.15, 0.2) is 0 Å². The molecule has 26 heavy (non-hydrogen) atoms. The van der Waals surface area contributed by atoms with Crippen LogP contribution in [0.3, 0.4) is 0 Å². The molecule has 1 aliphatic rings. The zero-order valence-corrected chi connectivity index (χ0v) is 19.3. The van der Waals surface area contributed by atoms with E-state index in [-0.39, 0.29) is 64.4 Å². The molecular formula is C22H23Cl3Ti. The predicted octanol–water partition coefficient (Wildman–Crippen LogP) is -3.28. The van der Waals surface area contributed by atoms with Gasteiger partial charge in [-0.25, -0.2) is 5.57 Å². The normalized spacial score (nSPS) is 15.7. The van der Waals surface area contributed by atoms with Crippen molar-refractivity contribution in [2.24, 2.45) is 5.92 Å². The van der Waals surface area contributed by atoms with Crippen molar-refractivity contribution >= 4 is 0 Å². The van der Waals surface area contributed by atoms with E-state index in [1.165, 1.54) is 27.8 Å². The monoisotopic (exact) mass is 440 g/mol. The molecule has 3 rings (SSSR count). The van der Waals surface area contributed by atoms with Crippen LogP contribution in [0.1, 0.15) is 38.8 Å². The molecule has 4 heteroatoms. The Hall–Kier alpha value is -0.496. The third-order valence-electron chi connectivity index (χ3n) is 5.07. The Morgan fingerprint density at radius 1 is 0.769 bits per heavy atom. The van der Waals surface area contributed by atoms with Gasteiger partial charge < -0.3 is 37.2 Å². The summed E-state index contributed by atoms with van der Waals surface area (Å²) in [6, 6.07) is 21.7. The molecule has 0 aromatic heterocycles. The van der Waals surface area contributed by atoms with E-state index in [1.807, 2.05) is 0 Å². The minimum Gasteiger partial charge on any atom is -1.00 e. The van der Waals surface area contributed by atoms with Gasteiger partial charge in [-0.05, 0) is 18.1 Å². The molecule has 1 unspecified atom stereocenters. The summed E-state index contributed by atoms with van der Waals surface area (Å²) in [6.45, 7) is 9.04. The van der Waals surface area contributed by atoms with E-state index in [1.54, 1.807) is 0 Å². The van der Waals surface area contributed by atoms with Gasteiger partial charge in [0.2, 0.25) is 0 Å². The molecule has 2 aromatic carbocycles. The van der Waals surface area contributed by atoms with Gasteiger partial charge in [-0.15, -0.1) is 12.5 Å². The van der Waals surface area contributed by atoms with Crippen molar-refractivity contribution in [2.75, 3.05) is 0 Å². The Balaban J connectivity index is 0. The molecule has 1 atom stereocenters. The van der Waals surface area contributed by atoms with E-state index in [9.17, 15) is 0 Å². The average Bonchev–Trinajstić information content (AvgIpc) is 2.81. The van der Waals surface area contributed by atoms with Gasteiger partial charge in [0.1, 0.15) is 0 Å². The molecule has 0 spiro atoms. The van der Waals surface area contributed by atoms with Crippen molar-refractivity contribution in [3.63, 3.8) is 0 Å². The number of benzene rings is 2. The zero-order valence-electron chi connectivity index (χ0n) is 15.5. The van der Waals surface area contributed by atoms with Crippen LogP contribution in [-0.2, 0) is 27.1 Å². The Morgan fingerprint density at radius 2 is 1.15 bits per heavy atom. The molecule has 136 valence electrons. The molecule has 0 heterocycles. The maximum Gasteiger partial charge on any atom is 4.00 e. The van der Waals surface area contributed by atoms with Gasteiger partial charge in [-0.1, -0.05) is 80.4 Å². The van der Waals surface area contributed by atoms with Crippen molar-refractivity contribution in [2.45, 2.75) is 33.1 Å². The Morgan fingerprint density at radius 3 is 1.46 bits per heavy atom. The minimum absolute atomic E-state index is 0. The van der Waals surface area contributed by atoms with Gasteiger partial charge in [0, 0.05) is 5.41 Å². The predicted molar refractivity (Wildman–Crippen MR) is 93.6 cm³/mol. The van der Waals surface area contributed by atoms with Gasteiger partial charge in [0.25, 0.3) is 0 Å². The van der Waals surface area contributed by atoms with E-state index in [2.05, 4.69) is 94.4 Å². The van der Waals surface area contributed by atoms with Crippen molar-refractivity contribution in [1.82, 2.24) is 0 Å². The SMILES string of the molecule is CC1=[C-]C(C)C(C(C)(c2ccccc2)c2ccccc2)=C1C.[Cl-].[Cl-].[Cl-].[Ti+4]. The van der Waals surface area contributed by atoms with Gasteiger partial charge in [-0.3, -0.25) is 6.08 Å². The van der Waals surface area contributed by atoms with Crippen molar-refractivity contribution in [3.05, 3.63) is 94.6 Å². The Bertz CT molecular complexity index is 697. The van der Waals surface area contributed by atoms with E-state index in [0.717, 1.165) is 0 Å². The molecule has 0 amide bonds. The van der Waals surface area contributed by atoms with Crippen LogP contribution in [0.5, 0.6) is 0 Å². The largest absolute Gasteiger partial charge is 4.00 e. The second kappa shape index (κ2) is 11.4. The Kier molecular flexibility index (Phi) is 12.1. The summed E-state index contributed by atoms with van der Waals surface area (Å²) in [5.74, 6) is 0.352. The van der Waals surface area contributed by atoms with Crippen molar-refractivity contribution in [3.8, 4) is 0 Å². The molecule has 0 aliphatic heterocycles. The molecule has 1 aliphatic carbocycles. The van der Waals surface area contributed by atoms with Crippen LogP contribution in [0.4, 0.5) is 0 Å². The van der Waals surface area contributed by atoms with Gasteiger partial charge in [0.05, 0.1) is 0 Å². The van der Waals surface area contributed by atoms with E-state index in [4.69, 9.17) is 0 Å². The summed E-state index contributed by atoms with van der Waals surface area (Å²) in [6.07, 6.45) is 3.60. The summed E-state index contributed by atoms with van der Waals surface area (Å²) in [7, 11) is 0. The second-order valence-corrected chi connectivity index (χ2v) is 6.39. The molecule has 0 radical (unpaired) electrons. The number of hydrogen-bond acceptors (Lipinski definition) is 0. The summed E-state index contributed by atoms with van der Waals surface area (Å²) in [5.41, 5.74) is 6.74. The van der Waals surface area contributed by atoms with E-state index >= 15 is 0 Å². The molecule has 0 nitrogen and oxygen atoms in total. The van der Waals surface area contributed by atoms with Crippen molar-refractivity contribution < 1.29 is 58.9 Å². The number of rotatable bonds is 3. The van der Waals surface area contributed by atoms with E-state index < -0.39 is 0 Å². The maximum atomic E-state index is 3.60. The standard InChI is InChI=1S/C22H23.3ClH.Ti/c1-16-15-17(2)21(18(16)3)22(4,19-11-7-5-8-12-19)20-13-9-6-10-14-20;;;;/h5-14,17H,1-4H3;3*1H;/q-1;;;;+4/p-3. The molecule has 0 N–H and O–H groups in total. The minimum atomic E-state index is -0.114. The summed E-state index contributed by atoms with van der Waals surface area (Å²) in [5, 5.41) is 0. The number of halogens is 3. The number of allylic oxidation sites excluding steroid dienone is 4. The zero-order chi connectivity index (χ0) is 15.7. The maximum absolute atomic E-state index is 3.60. The first kappa shape index (κ1) is 27.7. The van der Waals surface area contributed by atoms with Crippen molar-refractivity contribution in [1.29, 1.82) is 0 Å². The molecular weight excluding hydrogens is 418 g/mol. The molecule has 0 bridgehead atoms. The second-order valence-electron chi connectivity index (χ2n) is 6.39. The van der Waals surface area contributed by atoms with Crippen LogP contribution < -0.4 is 37.2 Å². The fourth-order valence-electron chi connectivity index (χ4n) is 3.86. The van der Waals surface area contributed by atoms with Crippen LogP contribution in [0.2, 0.25) is 0 Å². The molecule has 0 saturated carbocycles. The fraction of sp³-hybridized carbons (Fsp3) is 0.273. The van der Waals surface area contributed by atoms with Crippen LogP contribution in [0.25, 0.3) is 0 Å². The quantitative estimate of drug-likeness (QED) is 0.346. The van der Waals surface area contributed by atoms with Crippen LogP contribution >= 0.6 is 0 Å². The first-order valence-corrected chi connectivity index (χ1v) is 7.98. The third-order valence-corrected chi connectivity index (χ3v) is 5.07. The third kappa shape index (κ3) is 4.86. The first-order valence-electron chi connectivity index (χ1n) is 7.98. The number of hydrogen-bond donors (Lipinski definition) is 0. The van der Waals surface area contributed by atoms with E-state index in [0.29, 0.717) is 5.92 Å². The summed E-state index contributed by atoms with van der Waals surface area (Å²) < 4.78 is 0. The van der Waals surface area contributed by atoms with Crippen LogP contribution in [0.15, 0.2) is 77.4 Å². The Labute approximate surface area is 191 Å². The molecule has 0 fully saturated rings. The summed E-state index contributed by atoms with van der Waals surface area (Å²) >= 11 is 0.